The van der Waals surface area contributed by atoms with Crippen molar-refractivity contribution in [3.8, 4) is 11.5 Å². The van der Waals surface area contributed by atoms with Gasteiger partial charge in [-0.2, -0.15) is 0 Å². The van der Waals surface area contributed by atoms with E-state index in [1.54, 1.807) is 26.0 Å². The van der Waals surface area contributed by atoms with Crippen molar-refractivity contribution in [2.24, 2.45) is 17.1 Å². The molecule has 0 aromatic heterocycles. The minimum Gasteiger partial charge on any atom is -0.507 e. The van der Waals surface area contributed by atoms with Crippen LogP contribution in [0, 0.1) is 11.3 Å². The fourth-order valence-electron chi connectivity index (χ4n) is 5.42. The molecule has 8 N–H and O–H groups in total. The summed E-state index contributed by atoms with van der Waals surface area (Å²) in [4.78, 5) is 43.1. The molecule has 0 radical (unpaired) electrons. The Kier molecular flexibility index (Phi) is 14.8. The van der Waals surface area contributed by atoms with Crippen LogP contribution >= 0.6 is 0 Å². The van der Waals surface area contributed by atoms with Crippen molar-refractivity contribution in [1.29, 1.82) is 0 Å². The second kappa shape index (κ2) is 18.5. The minimum atomic E-state index is -1.44. The summed E-state index contributed by atoms with van der Waals surface area (Å²) in [5.41, 5.74) is 8.93. The summed E-state index contributed by atoms with van der Waals surface area (Å²) < 4.78 is 5.14. The largest absolute Gasteiger partial charge is 0.507 e. The maximum atomic E-state index is 14.2. The molecule has 5 atom stereocenters. The summed E-state index contributed by atoms with van der Waals surface area (Å²) in [5.74, 6) is -1.44. The first-order chi connectivity index (χ1) is 24.0. The second-order valence-electron chi connectivity index (χ2n) is 14.5. The van der Waals surface area contributed by atoms with Crippen molar-refractivity contribution in [2.75, 3.05) is 26.1 Å². The Labute approximate surface area is 302 Å². The number of methoxy groups -OCH3 is 1. The summed E-state index contributed by atoms with van der Waals surface area (Å²) in [7, 11) is 5.38. The highest BCUT2D eigenvalue weighted by Gasteiger charge is 2.38. The topological polar surface area (TPSA) is 178 Å². The molecule has 0 aliphatic rings. The quantitative estimate of drug-likeness (QED) is 0.111. The van der Waals surface area contributed by atoms with Crippen LogP contribution < -0.4 is 36.6 Å². The average Bonchev–Trinajstić information content (AvgIpc) is 3.09. The Morgan fingerprint density at radius 2 is 1.49 bits per heavy atom. The number of phenols is 1. The van der Waals surface area contributed by atoms with Gasteiger partial charge in [0.25, 0.3) is 0 Å². The minimum absolute atomic E-state index is 0.0141. The SMILES string of the molecule is COc1ccc(CNC(=O)[C@@H](NC(=O)[C@H](NCc2ccc(N(C)C)cc2)[C@H](O)[C@H](Cc2ccccc2)NC(=O)[C@@H](N)C(C)(C)C)C(C)C)c(O)c1. The van der Waals surface area contributed by atoms with E-state index in [9.17, 15) is 24.6 Å². The van der Waals surface area contributed by atoms with Gasteiger partial charge < -0.3 is 41.5 Å². The molecule has 3 amide bonds. The highest BCUT2D eigenvalue weighted by Crippen LogP contribution is 2.23. The number of phenolic OH excluding ortho intramolecular Hbond substituents is 1. The standard InChI is InChI=1S/C39H56N6O6/c1-24(2)32(36(48)42-23-27-16-19-29(51-8)21-31(27)46)44-37(49)33(41-22-26-14-17-28(18-15-26)45(6)7)34(47)30(20-25-12-10-9-11-13-25)43-38(50)35(40)39(3,4)5/h9-19,21,24,30,32-35,41,46-47H,20,22-23,40H2,1-8H3,(H,42,48)(H,43,50)(H,44,49)/t30-,32-,33+,34+,35+/m0/s1. The number of aliphatic hydroxyl groups excluding tert-OH is 1. The van der Waals surface area contributed by atoms with Gasteiger partial charge in [-0.25, -0.2) is 0 Å². The van der Waals surface area contributed by atoms with Gasteiger partial charge in [0.15, 0.2) is 0 Å². The molecular weight excluding hydrogens is 648 g/mol. The smallest absolute Gasteiger partial charge is 0.243 e. The van der Waals surface area contributed by atoms with Crippen molar-refractivity contribution in [1.82, 2.24) is 21.3 Å². The van der Waals surface area contributed by atoms with E-state index in [0.29, 0.717) is 11.3 Å². The van der Waals surface area contributed by atoms with E-state index in [0.717, 1.165) is 16.8 Å². The van der Waals surface area contributed by atoms with Crippen LogP contribution in [0.4, 0.5) is 5.69 Å². The van der Waals surface area contributed by atoms with Gasteiger partial charge in [0.1, 0.15) is 23.6 Å². The third-order valence-electron chi connectivity index (χ3n) is 8.85. The fraction of sp³-hybridized carbons (Fsp3) is 0.462. The zero-order valence-electron chi connectivity index (χ0n) is 31.1. The molecule has 0 aliphatic heterocycles. The molecule has 3 aromatic rings. The second-order valence-corrected chi connectivity index (χ2v) is 14.5. The molecule has 0 aliphatic carbocycles. The van der Waals surface area contributed by atoms with Crippen LogP contribution in [-0.2, 0) is 33.9 Å². The average molecular weight is 705 g/mol. The van der Waals surface area contributed by atoms with Gasteiger partial charge in [0.05, 0.1) is 25.3 Å². The van der Waals surface area contributed by atoms with E-state index >= 15 is 0 Å². The van der Waals surface area contributed by atoms with Crippen molar-refractivity contribution in [3.05, 3.63) is 89.5 Å². The first-order valence-corrected chi connectivity index (χ1v) is 17.2. The zero-order chi connectivity index (χ0) is 37.9. The Morgan fingerprint density at radius 3 is 2.04 bits per heavy atom. The van der Waals surface area contributed by atoms with Gasteiger partial charge in [-0.3, -0.25) is 19.7 Å². The third kappa shape index (κ3) is 12.0. The summed E-state index contributed by atoms with van der Waals surface area (Å²) in [6, 6.07) is 17.8. The van der Waals surface area contributed by atoms with Crippen LogP contribution in [0.2, 0.25) is 0 Å². The number of nitrogens with two attached hydrogens (primary N) is 1. The van der Waals surface area contributed by atoms with Crippen molar-refractivity contribution in [2.45, 2.75) is 84.4 Å². The molecule has 278 valence electrons. The number of carbonyl (C=O) groups excluding carboxylic acids is 3. The molecule has 0 saturated carbocycles. The lowest BCUT2D eigenvalue weighted by Crippen LogP contribution is -2.63. The highest BCUT2D eigenvalue weighted by molar-refractivity contribution is 5.90. The first-order valence-electron chi connectivity index (χ1n) is 17.2. The number of rotatable bonds is 17. The van der Waals surface area contributed by atoms with Gasteiger partial charge in [0, 0.05) is 44.5 Å². The van der Waals surface area contributed by atoms with E-state index in [2.05, 4.69) is 21.3 Å². The number of anilines is 1. The highest BCUT2D eigenvalue weighted by atomic mass is 16.5. The molecule has 0 fully saturated rings. The van der Waals surface area contributed by atoms with Crippen molar-refractivity contribution < 1.29 is 29.3 Å². The summed E-state index contributed by atoms with van der Waals surface area (Å²) in [6.45, 7) is 9.39. The normalized spacial score (nSPS) is 14.5. The lowest BCUT2D eigenvalue weighted by Gasteiger charge is -2.34. The van der Waals surface area contributed by atoms with Gasteiger partial charge in [-0.1, -0.05) is 77.1 Å². The lowest BCUT2D eigenvalue weighted by molar-refractivity contribution is -0.134. The van der Waals surface area contributed by atoms with Crippen molar-refractivity contribution in [3.63, 3.8) is 0 Å². The number of amides is 3. The number of aromatic hydroxyl groups is 1. The predicted molar refractivity (Wildman–Crippen MR) is 200 cm³/mol. The number of hydrogen-bond donors (Lipinski definition) is 7. The van der Waals surface area contributed by atoms with E-state index in [-0.39, 0.29) is 31.2 Å². The maximum Gasteiger partial charge on any atom is 0.243 e. The number of carbonyl (C=O) groups is 3. The molecule has 12 heteroatoms. The van der Waals surface area contributed by atoms with Crippen LogP contribution in [0.3, 0.4) is 0 Å². The number of ether oxygens (including phenoxy) is 1. The number of aliphatic hydroxyl groups is 1. The molecule has 0 spiro atoms. The molecule has 0 heterocycles. The Morgan fingerprint density at radius 1 is 0.843 bits per heavy atom. The van der Waals surface area contributed by atoms with Gasteiger partial charge in [-0.15, -0.1) is 0 Å². The summed E-state index contributed by atoms with van der Waals surface area (Å²) in [5, 5.41) is 34.2. The lowest BCUT2D eigenvalue weighted by atomic mass is 9.86. The number of hydrogen-bond acceptors (Lipinski definition) is 9. The van der Waals surface area contributed by atoms with Crippen LogP contribution in [-0.4, -0.2) is 79.4 Å². The molecule has 0 saturated heterocycles. The first kappa shape index (κ1) is 40.8. The Hall–Kier alpha value is -4.65. The fourth-order valence-corrected chi connectivity index (χ4v) is 5.42. The molecule has 0 bridgehead atoms. The van der Waals surface area contributed by atoms with E-state index < -0.39 is 53.4 Å². The third-order valence-corrected chi connectivity index (χ3v) is 8.85. The van der Waals surface area contributed by atoms with Gasteiger partial charge in [0.2, 0.25) is 17.7 Å². The Bertz CT molecular complexity index is 1580. The van der Waals surface area contributed by atoms with Crippen LogP contribution in [0.1, 0.15) is 51.3 Å². The molecular formula is C39H56N6O6. The molecule has 3 rings (SSSR count). The van der Waals surface area contributed by atoms with E-state index in [1.165, 1.54) is 13.2 Å². The molecule has 0 unspecified atom stereocenters. The monoisotopic (exact) mass is 704 g/mol. The molecule has 3 aromatic carbocycles. The van der Waals surface area contributed by atoms with Crippen LogP contribution in [0.15, 0.2) is 72.8 Å². The molecule has 51 heavy (non-hydrogen) atoms. The summed E-state index contributed by atoms with van der Waals surface area (Å²) >= 11 is 0. The predicted octanol–water partition coefficient (Wildman–Crippen LogP) is 2.84. The van der Waals surface area contributed by atoms with E-state index in [4.69, 9.17) is 10.5 Å². The maximum absolute atomic E-state index is 14.2. The number of nitrogens with one attached hydrogen (secondary N) is 4. The number of nitrogens with zero attached hydrogens (tertiary/aromatic N) is 1. The Balaban J connectivity index is 1.91. The number of benzene rings is 3. The van der Waals surface area contributed by atoms with Crippen LogP contribution in [0.5, 0.6) is 11.5 Å². The summed E-state index contributed by atoms with van der Waals surface area (Å²) in [6.07, 6.45) is -1.22. The molecule has 12 nitrogen and oxygen atoms in total. The van der Waals surface area contributed by atoms with Crippen LogP contribution in [0.25, 0.3) is 0 Å². The van der Waals surface area contributed by atoms with Crippen molar-refractivity contribution >= 4 is 23.4 Å². The van der Waals surface area contributed by atoms with Gasteiger partial charge in [-0.05, 0) is 53.1 Å². The van der Waals surface area contributed by atoms with E-state index in [1.807, 2.05) is 94.4 Å². The zero-order valence-corrected chi connectivity index (χ0v) is 31.1. The van der Waals surface area contributed by atoms with Gasteiger partial charge >= 0.3 is 0 Å².